The number of hydrogen-bond donors (Lipinski definition) is 1. The van der Waals surface area contributed by atoms with Crippen molar-refractivity contribution in [1.82, 2.24) is 15.2 Å². The van der Waals surface area contributed by atoms with Gasteiger partial charge >= 0.3 is 0 Å². The molecule has 0 fully saturated rings. The molecule has 0 spiro atoms. The third kappa shape index (κ3) is 1.61. The Morgan fingerprint density at radius 2 is 2.08 bits per heavy atom. The average molecular weight is 165 g/mol. The van der Waals surface area contributed by atoms with E-state index in [1.165, 1.54) is 0 Å². The second kappa shape index (κ2) is 3.85. The van der Waals surface area contributed by atoms with Crippen LogP contribution in [0.2, 0.25) is 0 Å². The fourth-order valence-corrected chi connectivity index (χ4v) is 0.924. The molecule has 0 amide bonds. The molecule has 2 rings (SSSR count). The third-order valence-corrected chi connectivity index (χ3v) is 1.44. The molecule has 12 heavy (non-hydrogen) atoms. The van der Waals surface area contributed by atoms with E-state index in [0.29, 0.717) is 0 Å². The average Bonchev–Trinajstić information content (AvgIpc) is 2.54. The topological polar surface area (TPSA) is 41.6 Å². The van der Waals surface area contributed by atoms with E-state index < -0.39 is 0 Å². The van der Waals surface area contributed by atoms with Gasteiger partial charge in [-0.25, -0.2) is 4.98 Å². The summed E-state index contributed by atoms with van der Waals surface area (Å²) in [7, 11) is 0. The van der Waals surface area contributed by atoms with Crippen molar-refractivity contribution in [2.24, 2.45) is 0 Å². The van der Waals surface area contributed by atoms with Gasteiger partial charge in [-0.15, -0.1) is 0 Å². The molecule has 0 atom stereocenters. The van der Waals surface area contributed by atoms with Crippen LogP contribution in [0.5, 0.6) is 0 Å². The summed E-state index contributed by atoms with van der Waals surface area (Å²) in [5.41, 5.74) is 1.87. The highest BCUT2D eigenvalue weighted by atomic mass is 15.1. The van der Waals surface area contributed by atoms with Gasteiger partial charge in [-0.2, -0.15) is 5.10 Å². The molecule has 0 saturated carbocycles. The third-order valence-electron chi connectivity index (χ3n) is 1.44. The lowest BCUT2D eigenvalue weighted by Crippen LogP contribution is -1.79. The summed E-state index contributed by atoms with van der Waals surface area (Å²) < 4.78 is 0. The number of aryl methyl sites for hydroxylation is 1. The number of aromatic amines is 1. The van der Waals surface area contributed by atoms with Crippen LogP contribution >= 0.6 is 0 Å². The van der Waals surface area contributed by atoms with Gasteiger partial charge in [0, 0.05) is 12.5 Å². The highest BCUT2D eigenvalue weighted by Gasteiger charge is 1.93. The van der Waals surface area contributed by atoms with E-state index in [0.717, 1.165) is 16.7 Å². The zero-order valence-electron chi connectivity index (χ0n) is 7.63. The number of rotatable bonds is 0. The SMILES string of the molecule is CC.Cc1ccc2cn[nH]c2n1.[HH]. The van der Waals surface area contributed by atoms with E-state index >= 15 is 0 Å². The largest absolute Gasteiger partial charge is 0.261 e. The Bertz CT molecular complexity index is 356. The number of nitrogens with zero attached hydrogens (tertiary/aromatic N) is 2. The first kappa shape index (κ1) is 8.71. The van der Waals surface area contributed by atoms with Crippen LogP contribution in [0.4, 0.5) is 0 Å². The van der Waals surface area contributed by atoms with Crippen molar-refractivity contribution in [2.75, 3.05) is 0 Å². The number of pyridine rings is 1. The molecule has 66 valence electrons. The lowest BCUT2D eigenvalue weighted by atomic mass is 10.3. The minimum Gasteiger partial charge on any atom is -0.261 e. The summed E-state index contributed by atoms with van der Waals surface area (Å²) in [6, 6.07) is 3.97. The molecule has 2 aromatic rings. The van der Waals surface area contributed by atoms with Gasteiger partial charge in [-0.1, -0.05) is 13.8 Å². The summed E-state index contributed by atoms with van der Waals surface area (Å²) in [5, 5.41) is 7.71. The van der Waals surface area contributed by atoms with E-state index in [2.05, 4.69) is 15.2 Å². The van der Waals surface area contributed by atoms with Gasteiger partial charge in [0.05, 0.1) is 6.20 Å². The maximum atomic E-state index is 4.22. The highest BCUT2D eigenvalue weighted by molar-refractivity contribution is 5.73. The first-order valence-electron chi connectivity index (χ1n) is 4.13. The van der Waals surface area contributed by atoms with Crippen LogP contribution in [0.3, 0.4) is 0 Å². The summed E-state index contributed by atoms with van der Waals surface area (Å²) in [5.74, 6) is 0. The normalized spacial score (nSPS) is 9.25. The highest BCUT2D eigenvalue weighted by Crippen LogP contribution is 2.06. The van der Waals surface area contributed by atoms with Crippen molar-refractivity contribution < 1.29 is 1.43 Å². The molecule has 0 bridgehead atoms. The standard InChI is InChI=1S/C7H7N3.C2H6.H2/c1-5-2-3-6-4-8-10-7(6)9-5;1-2;/h2-4H,1H3,(H,8,9,10);1-2H3;1H. The molecule has 0 aromatic carbocycles. The first-order valence-corrected chi connectivity index (χ1v) is 4.13. The summed E-state index contributed by atoms with van der Waals surface area (Å²) in [6.07, 6.45) is 1.77. The molecule has 3 nitrogen and oxygen atoms in total. The van der Waals surface area contributed by atoms with Crippen molar-refractivity contribution in [2.45, 2.75) is 20.8 Å². The maximum Gasteiger partial charge on any atom is 0.155 e. The van der Waals surface area contributed by atoms with E-state index in [-0.39, 0.29) is 1.43 Å². The molecule has 1 N–H and O–H groups in total. The van der Waals surface area contributed by atoms with Gasteiger partial charge in [0.15, 0.2) is 5.65 Å². The lowest BCUT2D eigenvalue weighted by Gasteiger charge is -1.88. The Labute approximate surface area is 73.3 Å². The molecule has 0 aliphatic carbocycles. The van der Waals surface area contributed by atoms with E-state index in [1.807, 2.05) is 32.9 Å². The molecule has 3 heteroatoms. The van der Waals surface area contributed by atoms with Crippen LogP contribution in [0.1, 0.15) is 21.0 Å². The zero-order valence-corrected chi connectivity index (χ0v) is 7.63. The summed E-state index contributed by atoms with van der Waals surface area (Å²) in [4.78, 5) is 4.22. The predicted molar refractivity (Wildman–Crippen MR) is 52.1 cm³/mol. The van der Waals surface area contributed by atoms with Crippen molar-refractivity contribution in [3.8, 4) is 0 Å². The molecule has 0 saturated heterocycles. The summed E-state index contributed by atoms with van der Waals surface area (Å²) >= 11 is 0. The number of nitrogens with one attached hydrogen (secondary N) is 1. The number of hydrogen-bond acceptors (Lipinski definition) is 2. The quantitative estimate of drug-likeness (QED) is 0.651. The van der Waals surface area contributed by atoms with Gasteiger partial charge in [0.1, 0.15) is 0 Å². The molecule has 2 heterocycles. The fourth-order valence-electron chi connectivity index (χ4n) is 0.924. The van der Waals surface area contributed by atoms with Crippen LogP contribution in [0.15, 0.2) is 18.3 Å². The summed E-state index contributed by atoms with van der Waals surface area (Å²) in [6.45, 7) is 5.96. The smallest absolute Gasteiger partial charge is 0.155 e. The molecule has 0 unspecified atom stereocenters. The van der Waals surface area contributed by atoms with Gasteiger partial charge in [-0.05, 0) is 19.1 Å². The van der Waals surface area contributed by atoms with E-state index in [9.17, 15) is 0 Å². The van der Waals surface area contributed by atoms with Crippen LogP contribution in [-0.4, -0.2) is 15.2 Å². The van der Waals surface area contributed by atoms with Crippen LogP contribution in [-0.2, 0) is 0 Å². The van der Waals surface area contributed by atoms with E-state index in [1.54, 1.807) is 6.20 Å². The van der Waals surface area contributed by atoms with Crippen molar-refractivity contribution in [1.29, 1.82) is 0 Å². The molecule has 0 aliphatic heterocycles. The Hall–Kier alpha value is -1.38. The van der Waals surface area contributed by atoms with Crippen LogP contribution in [0, 0.1) is 6.92 Å². The van der Waals surface area contributed by atoms with Gasteiger partial charge in [-0.3, -0.25) is 5.10 Å². The Balaban J connectivity index is 0.000000451. The molecular formula is C9H15N3. The van der Waals surface area contributed by atoms with Crippen LogP contribution < -0.4 is 0 Å². The number of aromatic nitrogens is 3. The molecule has 0 radical (unpaired) electrons. The Kier molecular flexibility index (Phi) is 2.80. The molecular weight excluding hydrogens is 150 g/mol. The van der Waals surface area contributed by atoms with Crippen molar-refractivity contribution in [3.63, 3.8) is 0 Å². The Morgan fingerprint density at radius 3 is 2.83 bits per heavy atom. The molecule has 2 aromatic heterocycles. The van der Waals surface area contributed by atoms with Gasteiger partial charge < -0.3 is 0 Å². The minimum atomic E-state index is 0. The monoisotopic (exact) mass is 165 g/mol. The zero-order chi connectivity index (χ0) is 8.97. The van der Waals surface area contributed by atoms with Gasteiger partial charge in [0.2, 0.25) is 0 Å². The molecule has 0 aliphatic rings. The predicted octanol–water partition coefficient (Wildman–Crippen LogP) is 2.54. The number of fused-ring (bicyclic) bond motifs is 1. The maximum absolute atomic E-state index is 4.22. The number of H-pyrrole nitrogens is 1. The second-order valence-corrected chi connectivity index (χ2v) is 2.26. The van der Waals surface area contributed by atoms with Crippen LogP contribution in [0.25, 0.3) is 11.0 Å². The second-order valence-electron chi connectivity index (χ2n) is 2.26. The van der Waals surface area contributed by atoms with Crippen molar-refractivity contribution >= 4 is 11.0 Å². The minimum absolute atomic E-state index is 0. The van der Waals surface area contributed by atoms with Crippen molar-refractivity contribution in [3.05, 3.63) is 24.0 Å². The first-order chi connectivity index (χ1) is 5.86. The lowest BCUT2D eigenvalue weighted by molar-refractivity contribution is 1.09. The Morgan fingerprint density at radius 1 is 1.33 bits per heavy atom. The fraction of sp³-hybridized carbons (Fsp3) is 0.333. The van der Waals surface area contributed by atoms with Gasteiger partial charge in [0.25, 0.3) is 0 Å². The van der Waals surface area contributed by atoms with E-state index in [4.69, 9.17) is 0 Å².